The van der Waals surface area contributed by atoms with Crippen molar-refractivity contribution >= 4 is 18.0 Å². The van der Waals surface area contributed by atoms with Gasteiger partial charge in [0.1, 0.15) is 6.04 Å². The summed E-state index contributed by atoms with van der Waals surface area (Å²) in [6.45, 7) is 3.16. The van der Waals surface area contributed by atoms with Gasteiger partial charge in [0, 0.05) is 0 Å². The van der Waals surface area contributed by atoms with Crippen molar-refractivity contribution in [2.75, 3.05) is 13.7 Å². The van der Waals surface area contributed by atoms with Gasteiger partial charge in [-0.15, -0.1) is 0 Å². The van der Waals surface area contributed by atoms with Crippen LogP contribution < -0.4 is 10.6 Å². The van der Waals surface area contributed by atoms with Gasteiger partial charge in [-0.3, -0.25) is 20.2 Å². The Morgan fingerprint density at radius 2 is 1.88 bits per heavy atom. The van der Waals surface area contributed by atoms with Crippen LogP contribution in [0.1, 0.15) is 13.8 Å². The molecule has 0 saturated heterocycles. The molecule has 1 unspecified atom stereocenters. The number of ether oxygens (including phenoxy) is 1. The molecule has 0 aromatic carbocycles. The highest BCUT2D eigenvalue weighted by atomic mass is 16.5. The number of carbonyl (C=O) groups excluding carboxylic acids is 2. The molecule has 0 aliphatic heterocycles. The van der Waals surface area contributed by atoms with Crippen molar-refractivity contribution < 1.29 is 24.2 Å². The average Bonchev–Trinajstić information content (AvgIpc) is 2.16. The molecule has 0 saturated carbocycles. The minimum absolute atomic E-state index is 0.163. The van der Waals surface area contributed by atoms with E-state index in [0.717, 1.165) is 7.11 Å². The van der Waals surface area contributed by atoms with Gasteiger partial charge in [-0.2, -0.15) is 0 Å². The number of amides is 2. The third-order valence-corrected chi connectivity index (χ3v) is 1.84. The molecule has 0 spiro atoms. The summed E-state index contributed by atoms with van der Waals surface area (Å²) in [4.78, 5) is 32.5. The number of carboxylic acids is 1. The molecule has 0 aromatic heterocycles. The van der Waals surface area contributed by atoms with Crippen LogP contribution in [0.5, 0.6) is 0 Å². The molecule has 2 amide bonds. The molecule has 0 aliphatic rings. The smallest absolute Gasteiger partial charge is 0.413 e. The van der Waals surface area contributed by atoms with E-state index in [-0.39, 0.29) is 12.5 Å². The average molecular weight is 232 g/mol. The van der Waals surface area contributed by atoms with Gasteiger partial charge in [0.05, 0.1) is 13.7 Å². The molecule has 0 aliphatic carbocycles. The maximum atomic E-state index is 11.1. The topological polar surface area (TPSA) is 105 Å². The van der Waals surface area contributed by atoms with E-state index >= 15 is 0 Å². The lowest BCUT2D eigenvalue weighted by atomic mass is 10.1. The summed E-state index contributed by atoms with van der Waals surface area (Å²) in [6.07, 6.45) is -0.872. The van der Waals surface area contributed by atoms with E-state index in [1.54, 1.807) is 13.8 Å². The molecular formula is C9H16N2O5. The van der Waals surface area contributed by atoms with Crippen molar-refractivity contribution in [1.29, 1.82) is 0 Å². The Bertz CT molecular complexity index is 277. The Morgan fingerprint density at radius 1 is 1.31 bits per heavy atom. The highest BCUT2D eigenvalue weighted by Gasteiger charge is 2.21. The highest BCUT2D eigenvalue weighted by Crippen LogP contribution is 2.00. The number of carboxylic acid groups (broad SMARTS) is 1. The summed E-state index contributed by atoms with van der Waals surface area (Å²) in [5, 5.41) is 13.2. The molecule has 1 atom stereocenters. The first-order valence-corrected chi connectivity index (χ1v) is 4.72. The molecule has 0 rings (SSSR count). The standard InChI is InChI=1S/C9H16N2O5/c1-5(2)7(8(13)14)10-4-6(12)11-9(15)16-3/h5,7,10H,4H2,1-3H3,(H,13,14)(H,11,12,15). The molecule has 7 heteroatoms. The van der Waals surface area contributed by atoms with E-state index in [1.165, 1.54) is 0 Å². The van der Waals surface area contributed by atoms with Crippen LogP contribution in [0.2, 0.25) is 0 Å². The van der Waals surface area contributed by atoms with Crippen LogP contribution >= 0.6 is 0 Å². The SMILES string of the molecule is COC(=O)NC(=O)CNC(C(=O)O)C(C)C. The number of carbonyl (C=O) groups is 3. The highest BCUT2D eigenvalue weighted by molar-refractivity contribution is 5.93. The van der Waals surface area contributed by atoms with Crippen molar-refractivity contribution in [3.05, 3.63) is 0 Å². The van der Waals surface area contributed by atoms with Crippen LogP contribution in [0.15, 0.2) is 0 Å². The fourth-order valence-electron chi connectivity index (χ4n) is 1.02. The number of rotatable bonds is 5. The lowest BCUT2D eigenvalue weighted by Crippen LogP contribution is -2.46. The van der Waals surface area contributed by atoms with E-state index in [1.807, 2.05) is 5.32 Å². The number of hydrogen-bond donors (Lipinski definition) is 3. The number of nitrogens with one attached hydrogen (secondary N) is 2. The maximum Gasteiger partial charge on any atom is 0.413 e. The summed E-state index contributed by atoms with van der Waals surface area (Å²) in [7, 11) is 1.13. The summed E-state index contributed by atoms with van der Waals surface area (Å²) in [6, 6.07) is -0.830. The zero-order valence-corrected chi connectivity index (χ0v) is 9.44. The molecule has 0 heterocycles. The second-order valence-electron chi connectivity index (χ2n) is 3.48. The predicted octanol–water partition coefficient (Wildman–Crippen LogP) is -0.432. The number of alkyl carbamates (subject to hydrolysis) is 1. The molecule has 3 N–H and O–H groups in total. The van der Waals surface area contributed by atoms with Crippen molar-refractivity contribution in [2.45, 2.75) is 19.9 Å². The second-order valence-corrected chi connectivity index (χ2v) is 3.48. The van der Waals surface area contributed by atoms with Gasteiger partial charge >= 0.3 is 12.1 Å². The Kier molecular flexibility index (Phi) is 6.09. The largest absolute Gasteiger partial charge is 0.480 e. The van der Waals surface area contributed by atoms with Crippen LogP contribution in [0.4, 0.5) is 4.79 Å². The number of hydrogen-bond acceptors (Lipinski definition) is 5. The Morgan fingerprint density at radius 3 is 2.25 bits per heavy atom. The molecule has 92 valence electrons. The van der Waals surface area contributed by atoms with Crippen LogP contribution in [0.3, 0.4) is 0 Å². The van der Waals surface area contributed by atoms with Gasteiger partial charge in [-0.05, 0) is 5.92 Å². The first-order valence-electron chi connectivity index (χ1n) is 4.72. The van der Waals surface area contributed by atoms with E-state index in [0.29, 0.717) is 0 Å². The van der Waals surface area contributed by atoms with Gasteiger partial charge < -0.3 is 9.84 Å². The molecule has 0 bridgehead atoms. The molecule has 7 nitrogen and oxygen atoms in total. The van der Waals surface area contributed by atoms with Crippen LogP contribution in [0, 0.1) is 5.92 Å². The Balaban J connectivity index is 4.07. The molecule has 0 radical (unpaired) electrons. The minimum atomic E-state index is -1.04. The van der Waals surface area contributed by atoms with Crippen molar-refractivity contribution in [2.24, 2.45) is 5.92 Å². The lowest BCUT2D eigenvalue weighted by molar-refractivity contribution is -0.140. The fraction of sp³-hybridized carbons (Fsp3) is 0.667. The quantitative estimate of drug-likeness (QED) is 0.594. The Hall–Kier alpha value is -1.63. The first kappa shape index (κ1) is 14.4. The Labute approximate surface area is 93.2 Å². The third-order valence-electron chi connectivity index (χ3n) is 1.84. The second kappa shape index (κ2) is 6.78. The summed E-state index contributed by atoms with van der Waals surface area (Å²) >= 11 is 0. The van der Waals surface area contributed by atoms with Crippen molar-refractivity contribution in [3.63, 3.8) is 0 Å². The number of imide groups is 1. The third kappa shape index (κ3) is 5.30. The molecule has 16 heavy (non-hydrogen) atoms. The van der Waals surface area contributed by atoms with Crippen LogP contribution in [-0.4, -0.2) is 42.8 Å². The van der Waals surface area contributed by atoms with Gasteiger partial charge in [0.25, 0.3) is 0 Å². The number of aliphatic carboxylic acids is 1. The van der Waals surface area contributed by atoms with E-state index < -0.39 is 24.0 Å². The zero-order valence-electron chi connectivity index (χ0n) is 9.44. The van der Waals surface area contributed by atoms with E-state index in [4.69, 9.17) is 5.11 Å². The fourth-order valence-corrected chi connectivity index (χ4v) is 1.02. The van der Waals surface area contributed by atoms with Gasteiger partial charge in [0.2, 0.25) is 5.91 Å². The van der Waals surface area contributed by atoms with E-state index in [2.05, 4.69) is 10.1 Å². The molecular weight excluding hydrogens is 216 g/mol. The molecule has 0 fully saturated rings. The van der Waals surface area contributed by atoms with Crippen LogP contribution in [-0.2, 0) is 14.3 Å². The first-order chi connectivity index (χ1) is 7.38. The normalized spacial score (nSPS) is 12.0. The lowest BCUT2D eigenvalue weighted by Gasteiger charge is -2.17. The summed E-state index contributed by atoms with van der Waals surface area (Å²) < 4.78 is 4.21. The summed E-state index contributed by atoms with van der Waals surface area (Å²) in [5.74, 6) is -1.84. The summed E-state index contributed by atoms with van der Waals surface area (Å²) in [5.41, 5.74) is 0. The van der Waals surface area contributed by atoms with Crippen LogP contribution in [0.25, 0.3) is 0 Å². The van der Waals surface area contributed by atoms with Crippen molar-refractivity contribution in [3.8, 4) is 0 Å². The predicted molar refractivity (Wildman–Crippen MR) is 54.8 cm³/mol. The van der Waals surface area contributed by atoms with Gasteiger partial charge in [-0.1, -0.05) is 13.8 Å². The van der Waals surface area contributed by atoms with Gasteiger partial charge in [-0.25, -0.2) is 4.79 Å². The van der Waals surface area contributed by atoms with Crippen molar-refractivity contribution in [1.82, 2.24) is 10.6 Å². The number of methoxy groups -OCH3 is 1. The minimum Gasteiger partial charge on any atom is -0.480 e. The molecule has 0 aromatic rings. The van der Waals surface area contributed by atoms with Gasteiger partial charge in [0.15, 0.2) is 0 Å². The van der Waals surface area contributed by atoms with E-state index in [9.17, 15) is 14.4 Å². The maximum absolute atomic E-state index is 11.1. The monoisotopic (exact) mass is 232 g/mol. The zero-order chi connectivity index (χ0) is 12.7.